The van der Waals surface area contributed by atoms with Crippen LogP contribution in [0.3, 0.4) is 0 Å². The van der Waals surface area contributed by atoms with Crippen LogP contribution in [0, 0.1) is 0 Å². The van der Waals surface area contributed by atoms with E-state index in [1.807, 2.05) is 48.5 Å². The monoisotopic (exact) mass is 362 g/mol. The van der Waals surface area contributed by atoms with E-state index in [0.717, 1.165) is 16.9 Å². The van der Waals surface area contributed by atoms with E-state index in [-0.39, 0.29) is 12.5 Å². The molecular weight excluding hydrogens is 340 g/mol. The molecule has 134 valence electrons. The molecule has 0 spiro atoms. The number of amides is 1. The van der Waals surface area contributed by atoms with Crippen LogP contribution in [0.2, 0.25) is 5.02 Å². The number of hydrogen-bond donors (Lipinski definition) is 2. The number of aliphatic hydroxyl groups excluding tert-OH is 1. The molecule has 0 aromatic heterocycles. The van der Waals surface area contributed by atoms with Gasteiger partial charge < -0.3 is 15.2 Å². The Morgan fingerprint density at radius 1 is 1.24 bits per heavy atom. The van der Waals surface area contributed by atoms with E-state index in [1.54, 1.807) is 19.0 Å². The fourth-order valence-electron chi connectivity index (χ4n) is 2.45. The van der Waals surface area contributed by atoms with Gasteiger partial charge in [0.2, 0.25) is 5.91 Å². The average molecular weight is 363 g/mol. The van der Waals surface area contributed by atoms with Gasteiger partial charge in [-0.25, -0.2) is 0 Å². The number of carbonyl (C=O) groups excluding carboxylic acids is 1. The van der Waals surface area contributed by atoms with Crippen LogP contribution in [0.5, 0.6) is 5.75 Å². The number of carbonyl (C=O) groups is 1. The Kier molecular flexibility index (Phi) is 7.25. The number of hydrogen-bond acceptors (Lipinski definition) is 4. The van der Waals surface area contributed by atoms with Crippen LogP contribution in [-0.2, 0) is 17.9 Å². The maximum Gasteiger partial charge on any atom is 0.239 e. The summed E-state index contributed by atoms with van der Waals surface area (Å²) < 4.78 is 5.75. The van der Waals surface area contributed by atoms with Crippen molar-refractivity contribution in [2.45, 2.75) is 19.2 Å². The van der Waals surface area contributed by atoms with Crippen LogP contribution >= 0.6 is 11.6 Å². The van der Waals surface area contributed by atoms with Crippen molar-refractivity contribution in [2.75, 3.05) is 20.7 Å². The van der Waals surface area contributed by atoms with Crippen LogP contribution < -0.4 is 10.1 Å². The minimum atomic E-state index is -0.568. The number of likely N-dealkylation sites (N-methyl/N-ethyl adjacent to an activating group) is 2. The van der Waals surface area contributed by atoms with Gasteiger partial charge in [0, 0.05) is 24.2 Å². The van der Waals surface area contributed by atoms with Crippen molar-refractivity contribution in [1.29, 1.82) is 0 Å². The van der Waals surface area contributed by atoms with Gasteiger partial charge in [0.25, 0.3) is 0 Å². The fraction of sp³-hybridized carbons (Fsp3) is 0.316. The van der Waals surface area contributed by atoms with Crippen LogP contribution in [0.15, 0.2) is 48.5 Å². The first kappa shape index (κ1) is 19.2. The number of aliphatic hydroxyl groups is 1. The molecule has 1 unspecified atom stereocenters. The molecule has 2 rings (SSSR count). The summed E-state index contributed by atoms with van der Waals surface area (Å²) in [6.45, 7) is 0.723. The lowest BCUT2D eigenvalue weighted by atomic mass is 10.1. The molecule has 2 aromatic carbocycles. The fourth-order valence-corrected chi connectivity index (χ4v) is 2.65. The topological polar surface area (TPSA) is 61.8 Å². The maximum atomic E-state index is 11.7. The third-order valence-corrected chi connectivity index (χ3v) is 4.33. The van der Waals surface area contributed by atoms with E-state index in [4.69, 9.17) is 16.3 Å². The second-order valence-electron chi connectivity index (χ2n) is 5.75. The van der Waals surface area contributed by atoms with Crippen molar-refractivity contribution in [3.8, 4) is 5.75 Å². The number of rotatable bonds is 8. The molecule has 0 saturated carbocycles. The predicted octanol–water partition coefficient (Wildman–Crippen LogP) is 2.46. The Labute approximate surface area is 153 Å². The molecule has 25 heavy (non-hydrogen) atoms. The molecule has 0 aliphatic rings. The lowest BCUT2D eigenvalue weighted by Gasteiger charge is -2.25. The second-order valence-corrected chi connectivity index (χ2v) is 6.16. The quantitative estimate of drug-likeness (QED) is 0.757. The summed E-state index contributed by atoms with van der Waals surface area (Å²) in [4.78, 5) is 13.5. The molecule has 0 aliphatic heterocycles. The first-order valence-corrected chi connectivity index (χ1v) is 8.40. The van der Waals surface area contributed by atoms with Gasteiger partial charge in [0.05, 0.1) is 6.61 Å². The highest BCUT2D eigenvalue weighted by atomic mass is 35.5. The first-order chi connectivity index (χ1) is 12.0. The van der Waals surface area contributed by atoms with Gasteiger partial charge in [-0.2, -0.15) is 0 Å². The van der Waals surface area contributed by atoms with Crippen LogP contribution in [0.1, 0.15) is 11.1 Å². The van der Waals surface area contributed by atoms with Crippen molar-refractivity contribution < 1.29 is 14.6 Å². The van der Waals surface area contributed by atoms with Crippen molar-refractivity contribution >= 4 is 17.5 Å². The SMILES string of the molecule is CNC(=O)C(CO)N(C)Cc1ccc(OCc2ccccc2Cl)cc1. The lowest BCUT2D eigenvalue weighted by Crippen LogP contribution is -2.46. The van der Waals surface area contributed by atoms with E-state index >= 15 is 0 Å². The molecule has 5 nitrogen and oxygen atoms in total. The highest BCUT2D eigenvalue weighted by molar-refractivity contribution is 6.31. The molecule has 0 fully saturated rings. The Bertz CT molecular complexity index is 691. The van der Waals surface area contributed by atoms with Gasteiger partial charge in [0.15, 0.2) is 0 Å². The summed E-state index contributed by atoms with van der Waals surface area (Å²) in [5, 5.41) is 12.6. The molecule has 0 saturated heterocycles. The molecule has 0 radical (unpaired) electrons. The third kappa shape index (κ3) is 5.46. The predicted molar refractivity (Wildman–Crippen MR) is 98.6 cm³/mol. The van der Waals surface area contributed by atoms with Gasteiger partial charge in [-0.1, -0.05) is 41.9 Å². The number of benzene rings is 2. The van der Waals surface area contributed by atoms with E-state index in [2.05, 4.69) is 5.32 Å². The van der Waals surface area contributed by atoms with Crippen molar-refractivity contribution in [3.05, 3.63) is 64.7 Å². The molecule has 0 bridgehead atoms. The molecule has 0 aliphatic carbocycles. The van der Waals surface area contributed by atoms with E-state index in [0.29, 0.717) is 18.2 Å². The van der Waals surface area contributed by atoms with Crippen molar-refractivity contribution in [1.82, 2.24) is 10.2 Å². The van der Waals surface area contributed by atoms with Crippen LogP contribution in [-0.4, -0.2) is 42.7 Å². The Morgan fingerprint density at radius 3 is 2.52 bits per heavy atom. The average Bonchev–Trinajstić information content (AvgIpc) is 2.62. The molecule has 6 heteroatoms. The summed E-state index contributed by atoms with van der Waals surface area (Å²) in [5.41, 5.74) is 1.96. The first-order valence-electron chi connectivity index (χ1n) is 8.03. The van der Waals surface area contributed by atoms with Gasteiger partial charge in [-0.15, -0.1) is 0 Å². The van der Waals surface area contributed by atoms with Crippen molar-refractivity contribution in [3.63, 3.8) is 0 Å². The molecule has 2 aromatic rings. The molecule has 1 amide bonds. The zero-order chi connectivity index (χ0) is 18.2. The second kappa shape index (κ2) is 9.42. The molecule has 2 N–H and O–H groups in total. The summed E-state index contributed by atoms with van der Waals surface area (Å²) >= 11 is 6.12. The minimum absolute atomic E-state index is 0.204. The van der Waals surface area contributed by atoms with E-state index in [9.17, 15) is 9.90 Å². The van der Waals surface area contributed by atoms with Gasteiger partial charge in [-0.3, -0.25) is 9.69 Å². The summed E-state index contributed by atoms with van der Waals surface area (Å²) in [6, 6.07) is 14.7. The Balaban J connectivity index is 1.93. The van der Waals surface area contributed by atoms with Crippen molar-refractivity contribution in [2.24, 2.45) is 0 Å². The summed E-state index contributed by atoms with van der Waals surface area (Å²) in [5.74, 6) is 0.543. The molecule has 1 atom stereocenters. The van der Waals surface area contributed by atoms with Gasteiger partial charge >= 0.3 is 0 Å². The van der Waals surface area contributed by atoms with Gasteiger partial charge in [0.1, 0.15) is 18.4 Å². The highest BCUT2D eigenvalue weighted by Crippen LogP contribution is 2.19. The number of halogens is 1. The van der Waals surface area contributed by atoms with E-state index in [1.165, 1.54) is 0 Å². The standard InChI is InChI=1S/C19H23ClN2O3/c1-21-19(24)18(12-23)22(2)11-14-7-9-16(10-8-14)25-13-15-5-3-4-6-17(15)20/h3-10,18,23H,11-13H2,1-2H3,(H,21,24). The lowest BCUT2D eigenvalue weighted by molar-refractivity contribution is -0.127. The zero-order valence-electron chi connectivity index (χ0n) is 14.4. The smallest absolute Gasteiger partial charge is 0.239 e. The number of ether oxygens (including phenoxy) is 1. The minimum Gasteiger partial charge on any atom is -0.489 e. The van der Waals surface area contributed by atoms with Gasteiger partial charge in [-0.05, 0) is 30.8 Å². The molecule has 0 heterocycles. The third-order valence-electron chi connectivity index (χ3n) is 3.96. The Morgan fingerprint density at radius 2 is 1.92 bits per heavy atom. The summed E-state index contributed by atoms with van der Waals surface area (Å²) in [7, 11) is 3.36. The van der Waals surface area contributed by atoms with E-state index < -0.39 is 6.04 Å². The highest BCUT2D eigenvalue weighted by Gasteiger charge is 2.21. The maximum absolute atomic E-state index is 11.7. The normalized spacial score (nSPS) is 12.0. The zero-order valence-corrected chi connectivity index (χ0v) is 15.2. The number of nitrogens with one attached hydrogen (secondary N) is 1. The van der Waals surface area contributed by atoms with Crippen LogP contribution in [0.4, 0.5) is 0 Å². The number of nitrogens with zero attached hydrogens (tertiary/aromatic N) is 1. The van der Waals surface area contributed by atoms with Crippen LogP contribution in [0.25, 0.3) is 0 Å². The Hall–Kier alpha value is -2.08. The summed E-state index contributed by atoms with van der Waals surface area (Å²) in [6.07, 6.45) is 0. The largest absolute Gasteiger partial charge is 0.489 e. The molecular formula is C19H23ClN2O3.